The number of likely N-dealkylation sites (tertiary alicyclic amines) is 1. The number of aliphatic imine (C=N–C) groups is 1. The molecule has 1 aliphatic heterocycles. The lowest BCUT2D eigenvalue weighted by Gasteiger charge is -2.30. The summed E-state index contributed by atoms with van der Waals surface area (Å²) in [5.74, 6) is -1.65. The minimum Gasteiger partial charge on any atom is -0.383 e. The van der Waals surface area contributed by atoms with Crippen molar-refractivity contribution in [1.29, 1.82) is 0 Å². The summed E-state index contributed by atoms with van der Waals surface area (Å²) in [6.45, 7) is 13.6. The molecule has 9 heteroatoms. The van der Waals surface area contributed by atoms with Gasteiger partial charge in [0.2, 0.25) is 0 Å². The molecular formula is C27H34F2N6S. The summed E-state index contributed by atoms with van der Waals surface area (Å²) in [6, 6.07) is 12.2. The standard InChI is InChI=1S/C27H34F2N6S/c1-18-6-11-23(36-18)19(2)33-25(31-17-34-14-12-27(28,29)13-15-34)22-16-32-35(24(22)30)21-9-7-20(8-10-21)26(3,4)5/h6-11,16H,2,12-15,17,30H2,1,3-5H3,(H,31,33). The maximum absolute atomic E-state index is 13.6. The molecule has 2 aromatic heterocycles. The number of piperidine rings is 1. The smallest absolute Gasteiger partial charge is 0.250 e. The number of thiophene rings is 1. The van der Waals surface area contributed by atoms with Crippen LogP contribution in [-0.4, -0.2) is 46.2 Å². The summed E-state index contributed by atoms with van der Waals surface area (Å²) in [5.41, 5.74) is 9.99. The summed E-state index contributed by atoms with van der Waals surface area (Å²) in [4.78, 5) is 8.83. The normalized spacial score (nSPS) is 16.8. The first-order valence-corrected chi connectivity index (χ1v) is 12.9. The highest BCUT2D eigenvalue weighted by atomic mass is 32.1. The molecule has 0 spiro atoms. The van der Waals surface area contributed by atoms with Crippen molar-refractivity contribution in [1.82, 2.24) is 20.0 Å². The van der Waals surface area contributed by atoms with Gasteiger partial charge in [0.25, 0.3) is 5.92 Å². The van der Waals surface area contributed by atoms with Crippen molar-refractivity contribution in [2.45, 2.75) is 51.9 Å². The van der Waals surface area contributed by atoms with E-state index in [1.54, 1.807) is 22.2 Å². The van der Waals surface area contributed by atoms with Gasteiger partial charge < -0.3 is 11.1 Å². The SMILES string of the molecule is C=C(NC(=NCN1CCC(F)(F)CC1)c1cnn(-c2ccc(C(C)(C)C)cc2)c1N)c1ccc(C)s1. The Morgan fingerprint density at radius 2 is 1.83 bits per heavy atom. The van der Waals surface area contributed by atoms with Gasteiger partial charge in [-0.2, -0.15) is 5.10 Å². The highest BCUT2D eigenvalue weighted by Gasteiger charge is 2.33. The predicted molar refractivity (Wildman–Crippen MR) is 145 cm³/mol. The molecule has 1 aliphatic rings. The quantitative estimate of drug-likeness (QED) is 0.323. The summed E-state index contributed by atoms with van der Waals surface area (Å²) in [5, 5.41) is 7.84. The van der Waals surface area contributed by atoms with E-state index in [9.17, 15) is 8.78 Å². The zero-order valence-electron chi connectivity index (χ0n) is 21.3. The monoisotopic (exact) mass is 512 g/mol. The molecule has 3 N–H and O–H groups in total. The predicted octanol–water partition coefficient (Wildman–Crippen LogP) is 5.82. The summed E-state index contributed by atoms with van der Waals surface area (Å²) >= 11 is 1.63. The van der Waals surface area contributed by atoms with Crippen molar-refractivity contribution in [3.05, 3.63) is 70.1 Å². The third-order valence-electron chi connectivity index (χ3n) is 6.36. The van der Waals surface area contributed by atoms with E-state index in [0.717, 1.165) is 10.6 Å². The Labute approximate surface area is 215 Å². The summed E-state index contributed by atoms with van der Waals surface area (Å²) < 4.78 is 28.9. The molecule has 0 atom stereocenters. The molecule has 0 unspecified atom stereocenters. The van der Waals surface area contributed by atoms with E-state index < -0.39 is 5.92 Å². The van der Waals surface area contributed by atoms with Crippen molar-refractivity contribution in [2.75, 3.05) is 25.5 Å². The topological polar surface area (TPSA) is 71.5 Å². The number of hydrogen-bond donors (Lipinski definition) is 2. The second kappa shape index (κ2) is 10.1. The zero-order chi connectivity index (χ0) is 26.1. The highest BCUT2D eigenvalue weighted by molar-refractivity contribution is 7.13. The Morgan fingerprint density at radius 3 is 2.42 bits per heavy atom. The van der Waals surface area contributed by atoms with Gasteiger partial charge in [0, 0.05) is 36.5 Å². The minimum absolute atomic E-state index is 0.0437. The number of alkyl halides is 2. The molecule has 0 aliphatic carbocycles. The van der Waals surface area contributed by atoms with Crippen LogP contribution in [0.15, 0.2) is 54.2 Å². The van der Waals surface area contributed by atoms with Crippen LogP contribution in [0.2, 0.25) is 0 Å². The van der Waals surface area contributed by atoms with Gasteiger partial charge in [-0.3, -0.25) is 9.89 Å². The molecule has 0 amide bonds. The molecule has 36 heavy (non-hydrogen) atoms. The number of aromatic nitrogens is 2. The van der Waals surface area contributed by atoms with Crippen LogP contribution in [0.3, 0.4) is 0 Å². The second-order valence-electron chi connectivity index (χ2n) is 10.3. The molecule has 0 saturated carbocycles. The maximum Gasteiger partial charge on any atom is 0.250 e. The van der Waals surface area contributed by atoms with E-state index in [2.05, 4.69) is 49.9 Å². The molecular weight excluding hydrogens is 478 g/mol. The molecule has 0 bridgehead atoms. The largest absolute Gasteiger partial charge is 0.383 e. The Balaban J connectivity index is 1.61. The van der Waals surface area contributed by atoms with Gasteiger partial charge >= 0.3 is 0 Å². The van der Waals surface area contributed by atoms with Crippen molar-refractivity contribution in [3.8, 4) is 5.69 Å². The molecule has 3 heterocycles. The fourth-order valence-electron chi connectivity index (χ4n) is 4.03. The Kier molecular flexibility index (Phi) is 7.33. The minimum atomic E-state index is -2.60. The number of anilines is 1. The van der Waals surface area contributed by atoms with Gasteiger partial charge in [0.15, 0.2) is 0 Å². The number of nitrogens with zero attached hydrogens (tertiary/aromatic N) is 4. The van der Waals surface area contributed by atoms with Crippen molar-refractivity contribution in [3.63, 3.8) is 0 Å². The van der Waals surface area contributed by atoms with Gasteiger partial charge in [-0.05, 0) is 42.2 Å². The average Bonchev–Trinajstić information content (AvgIpc) is 3.42. The first-order valence-electron chi connectivity index (χ1n) is 12.1. The molecule has 1 fully saturated rings. The fraction of sp³-hybridized carbons (Fsp3) is 0.407. The molecule has 4 rings (SSSR count). The van der Waals surface area contributed by atoms with Crippen LogP contribution >= 0.6 is 11.3 Å². The van der Waals surface area contributed by atoms with Crippen LogP contribution in [0.5, 0.6) is 0 Å². The number of nitrogens with two attached hydrogens (primary N) is 1. The van der Waals surface area contributed by atoms with E-state index in [-0.39, 0.29) is 24.9 Å². The molecule has 192 valence electrons. The lowest BCUT2D eigenvalue weighted by molar-refractivity contribution is -0.0544. The highest BCUT2D eigenvalue weighted by Crippen LogP contribution is 2.28. The van der Waals surface area contributed by atoms with Crippen LogP contribution < -0.4 is 11.1 Å². The van der Waals surface area contributed by atoms with Gasteiger partial charge in [-0.15, -0.1) is 11.3 Å². The fourth-order valence-corrected chi connectivity index (χ4v) is 4.83. The van der Waals surface area contributed by atoms with Crippen LogP contribution in [0.25, 0.3) is 11.4 Å². The lowest BCUT2D eigenvalue weighted by atomic mass is 9.87. The maximum atomic E-state index is 13.6. The number of halogens is 2. The Morgan fingerprint density at radius 1 is 1.17 bits per heavy atom. The van der Waals surface area contributed by atoms with Crippen LogP contribution in [0.4, 0.5) is 14.6 Å². The second-order valence-corrected chi connectivity index (χ2v) is 11.6. The van der Waals surface area contributed by atoms with Gasteiger partial charge in [0.1, 0.15) is 11.7 Å². The van der Waals surface area contributed by atoms with Crippen molar-refractivity contribution < 1.29 is 8.78 Å². The van der Waals surface area contributed by atoms with E-state index in [1.165, 1.54) is 10.4 Å². The first-order chi connectivity index (χ1) is 16.9. The molecule has 3 aromatic rings. The third kappa shape index (κ3) is 6.02. The number of aryl methyl sites for hydroxylation is 1. The lowest BCUT2D eigenvalue weighted by Crippen LogP contribution is -2.40. The van der Waals surface area contributed by atoms with E-state index >= 15 is 0 Å². The molecule has 1 saturated heterocycles. The van der Waals surface area contributed by atoms with Gasteiger partial charge in [-0.25, -0.2) is 13.5 Å². The van der Waals surface area contributed by atoms with Gasteiger partial charge in [-0.1, -0.05) is 39.5 Å². The molecule has 6 nitrogen and oxygen atoms in total. The number of benzene rings is 1. The Hall–Kier alpha value is -3.04. The van der Waals surface area contributed by atoms with E-state index in [0.29, 0.717) is 36.0 Å². The van der Waals surface area contributed by atoms with Crippen LogP contribution in [-0.2, 0) is 5.41 Å². The molecule has 0 radical (unpaired) electrons. The number of amidine groups is 1. The Bertz CT molecular complexity index is 1240. The van der Waals surface area contributed by atoms with Crippen molar-refractivity contribution >= 4 is 28.7 Å². The summed E-state index contributed by atoms with van der Waals surface area (Å²) in [6.07, 6.45) is 1.37. The van der Waals surface area contributed by atoms with Crippen LogP contribution in [0.1, 0.15) is 54.5 Å². The van der Waals surface area contributed by atoms with Crippen molar-refractivity contribution in [2.24, 2.45) is 4.99 Å². The third-order valence-corrected chi connectivity index (χ3v) is 7.42. The number of nitrogen functional groups attached to an aromatic ring is 1. The zero-order valence-corrected chi connectivity index (χ0v) is 22.1. The average molecular weight is 513 g/mol. The van der Waals surface area contributed by atoms with Gasteiger partial charge in [0.05, 0.1) is 29.0 Å². The van der Waals surface area contributed by atoms with E-state index in [4.69, 9.17) is 10.7 Å². The first kappa shape index (κ1) is 26.0. The molecule has 1 aromatic carbocycles. The van der Waals surface area contributed by atoms with E-state index in [1.807, 2.05) is 36.1 Å². The summed E-state index contributed by atoms with van der Waals surface area (Å²) in [7, 11) is 0. The number of hydrogen-bond acceptors (Lipinski definition) is 5. The van der Waals surface area contributed by atoms with Crippen LogP contribution in [0, 0.1) is 6.92 Å². The number of rotatable bonds is 6. The number of nitrogens with one attached hydrogen (secondary N) is 1.